The van der Waals surface area contributed by atoms with Gasteiger partial charge in [0.1, 0.15) is 24.7 Å². The predicted octanol–water partition coefficient (Wildman–Crippen LogP) is 2.95. The molecular weight excluding hydrogens is 772 g/mol. The van der Waals surface area contributed by atoms with E-state index in [1.54, 1.807) is 0 Å². The summed E-state index contributed by atoms with van der Waals surface area (Å²) < 4.78 is 76.9. The van der Waals surface area contributed by atoms with E-state index in [4.69, 9.17) is 76.5 Å². The first-order valence-corrected chi connectivity index (χ1v) is 20.7. The van der Waals surface area contributed by atoms with Crippen LogP contribution in [0.25, 0.3) is 0 Å². The van der Waals surface area contributed by atoms with Crippen LogP contribution in [-0.4, -0.2) is 195 Å². The van der Waals surface area contributed by atoms with Crippen molar-refractivity contribution in [2.45, 2.75) is 19.3 Å². The SMILES string of the molecule is CC(C)(c1ccc(OCCOCCOCCOCCOCCOCCOCCO)cc1)c1ccc(OCCOCCOCCOCCOCCOCCOCCO)cc1. The molecule has 0 aliphatic heterocycles. The summed E-state index contributed by atoms with van der Waals surface area (Å²) in [7, 11) is 0. The van der Waals surface area contributed by atoms with Crippen LogP contribution in [0.1, 0.15) is 25.0 Å². The Morgan fingerprint density at radius 3 is 0.678 bits per heavy atom. The molecule has 0 saturated heterocycles. The van der Waals surface area contributed by atoms with E-state index < -0.39 is 0 Å². The number of aliphatic hydroxyl groups excluding tert-OH is 2. The summed E-state index contributed by atoms with van der Waals surface area (Å²) in [5, 5.41) is 17.2. The zero-order valence-electron chi connectivity index (χ0n) is 35.5. The highest BCUT2D eigenvalue weighted by molar-refractivity contribution is 5.41. The molecule has 0 spiro atoms. The molecule has 2 N–H and O–H groups in total. The van der Waals surface area contributed by atoms with Gasteiger partial charge in [0.05, 0.1) is 172 Å². The first kappa shape index (κ1) is 52.6. The molecule has 2 rings (SSSR count). The fraction of sp³-hybridized carbons (Fsp3) is 0.721. The van der Waals surface area contributed by atoms with Crippen molar-refractivity contribution in [3.05, 3.63) is 59.7 Å². The van der Waals surface area contributed by atoms with Gasteiger partial charge in [-0.05, 0) is 35.4 Å². The summed E-state index contributed by atoms with van der Waals surface area (Å²) >= 11 is 0. The minimum absolute atomic E-state index is 0.0199. The lowest BCUT2D eigenvalue weighted by Crippen LogP contribution is -2.19. The van der Waals surface area contributed by atoms with Crippen LogP contribution in [0, 0.1) is 0 Å². The van der Waals surface area contributed by atoms with Gasteiger partial charge in [-0.15, -0.1) is 0 Å². The Morgan fingerprint density at radius 1 is 0.288 bits per heavy atom. The van der Waals surface area contributed by atoms with Crippen LogP contribution in [0.3, 0.4) is 0 Å². The fourth-order valence-corrected chi connectivity index (χ4v) is 5.07. The summed E-state index contributed by atoms with van der Waals surface area (Å²) in [6.45, 7) is 16.7. The number of rotatable bonds is 44. The number of ether oxygens (including phenoxy) is 14. The lowest BCUT2D eigenvalue weighted by molar-refractivity contribution is -0.0191. The first-order valence-electron chi connectivity index (χ1n) is 20.7. The molecule has 0 aliphatic rings. The third-order valence-electron chi connectivity index (χ3n) is 8.34. The minimum atomic E-state index is -0.207. The second kappa shape index (κ2) is 38.4. The van der Waals surface area contributed by atoms with Gasteiger partial charge in [-0.3, -0.25) is 0 Å². The molecule has 0 radical (unpaired) electrons. The average molecular weight is 845 g/mol. The van der Waals surface area contributed by atoms with Crippen LogP contribution in [0.4, 0.5) is 0 Å². The maximum absolute atomic E-state index is 8.62. The lowest BCUT2D eigenvalue weighted by Gasteiger charge is -2.26. The molecular formula is C43H72O16. The molecule has 340 valence electrons. The topological polar surface area (TPSA) is 170 Å². The Balaban J connectivity index is 1.40. The van der Waals surface area contributed by atoms with Gasteiger partial charge < -0.3 is 76.5 Å². The Bertz CT molecular complexity index is 1080. The van der Waals surface area contributed by atoms with Gasteiger partial charge >= 0.3 is 0 Å². The molecule has 0 fully saturated rings. The fourth-order valence-electron chi connectivity index (χ4n) is 5.07. The molecule has 2 aromatic rings. The Labute approximate surface area is 351 Å². The van der Waals surface area contributed by atoms with Crippen molar-refractivity contribution >= 4 is 0 Å². The smallest absolute Gasteiger partial charge is 0.119 e. The van der Waals surface area contributed by atoms with E-state index in [1.165, 1.54) is 11.1 Å². The Morgan fingerprint density at radius 2 is 0.475 bits per heavy atom. The quantitative estimate of drug-likeness (QED) is 0.0934. The van der Waals surface area contributed by atoms with E-state index in [-0.39, 0.29) is 18.6 Å². The number of hydrogen-bond donors (Lipinski definition) is 2. The second-order valence-electron chi connectivity index (χ2n) is 13.2. The van der Waals surface area contributed by atoms with Crippen LogP contribution in [0.2, 0.25) is 0 Å². The normalized spacial score (nSPS) is 11.7. The molecule has 0 heterocycles. The molecule has 59 heavy (non-hydrogen) atoms. The molecule has 0 aromatic heterocycles. The number of hydrogen-bond acceptors (Lipinski definition) is 16. The van der Waals surface area contributed by atoms with Crippen molar-refractivity contribution in [1.82, 2.24) is 0 Å². The summed E-state index contributed by atoms with van der Waals surface area (Å²) in [5.74, 6) is 1.59. The zero-order valence-corrected chi connectivity index (χ0v) is 35.5. The summed E-state index contributed by atoms with van der Waals surface area (Å²) in [6, 6.07) is 16.4. The highest BCUT2D eigenvalue weighted by Gasteiger charge is 2.23. The average Bonchev–Trinajstić information content (AvgIpc) is 3.25. The molecule has 0 bridgehead atoms. The number of benzene rings is 2. The van der Waals surface area contributed by atoms with E-state index in [1.807, 2.05) is 24.3 Å². The molecule has 0 saturated carbocycles. The van der Waals surface area contributed by atoms with Crippen molar-refractivity contribution in [3.63, 3.8) is 0 Å². The van der Waals surface area contributed by atoms with Crippen molar-refractivity contribution in [3.8, 4) is 11.5 Å². The lowest BCUT2D eigenvalue weighted by atomic mass is 9.78. The summed E-state index contributed by atoms with van der Waals surface area (Å²) in [6.07, 6.45) is 0. The van der Waals surface area contributed by atoms with E-state index >= 15 is 0 Å². The summed E-state index contributed by atoms with van der Waals surface area (Å²) in [4.78, 5) is 0. The third-order valence-corrected chi connectivity index (χ3v) is 8.34. The van der Waals surface area contributed by atoms with Crippen molar-refractivity contribution < 1.29 is 76.5 Å². The van der Waals surface area contributed by atoms with Gasteiger partial charge in [0.25, 0.3) is 0 Å². The highest BCUT2D eigenvalue weighted by Crippen LogP contribution is 2.33. The van der Waals surface area contributed by atoms with Crippen LogP contribution < -0.4 is 9.47 Å². The van der Waals surface area contributed by atoms with E-state index in [2.05, 4.69) is 38.1 Å². The molecule has 0 unspecified atom stereocenters. The van der Waals surface area contributed by atoms with Crippen molar-refractivity contribution in [2.75, 3.05) is 185 Å². The molecule has 0 amide bonds. The molecule has 0 atom stereocenters. The monoisotopic (exact) mass is 844 g/mol. The molecule has 16 nitrogen and oxygen atoms in total. The van der Waals surface area contributed by atoms with E-state index in [0.717, 1.165) is 11.5 Å². The van der Waals surface area contributed by atoms with Crippen LogP contribution in [0.5, 0.6) is 11.5 Å². The second-order valence-corrected chi connectivity index (χ2v) is 13.2. The predicted molar refractivity (Wildman–Crippen MR) is 220 cm³/mol. The van der Waals surface area contributed by atoms with Gasteiger partial charge in [-0.25, -0.2) is 0 Å². The minimum Gasteiger partial charge on any atom is -0.491 e. The summed E-state index contributed by atoms with van der Waals surface area (Å²) in [5.41, 5.74) is 2.15. The third kappa shape index (κ3) is 29.4. The Kier molecular flexibility index (Phi) is 34.3. The van der Waals surface area contributed by atoms with Gasteiger partial charge in [0.15, 0.2) is 0 Å². The van der Waals surface area contributed by atoms with Crippen LogP contribution >= 0.6 is 0 Å². The highest BCUT2D eigenvalue weighted by atomic mass is 16.6. The maximum Gasteiger partial charge on any atom is 0.119 e. The van der Waals surface area contributed by atoms with Crippen LogP contribution in [0.15, 0.2) is 48.5 Å². The molecule has 2 aromatic carbocycles. The maximum atomic E-state index is 8.62. The van der Waals surface area contributed by atoms with Crippen LogP contribution in [-0.2, 0) is 62.3 Å². The largest absolute Gasteiger partial charge is 0.491 e. The number of aliphatic hydroxyl groups is 2. The standard InChI is InChI=1S/C43H72O16/c1-43(2,39-3-7-41(8-4-39)58-37-35-56-33-31-54-29-27-52-25-23-50-21-19-48-17-15-46-13-11-44)40-5-9-42(10-6-40)59-38-36-57-34-32-55-30-28-53-26-24-51-22-20-49-18-16-47-14-12-45/h3-10,44-45H,11-38H2,1-2H3. The van der Waals surface area contributed by atoms with E-state index in [0.29, 0.717) is 172 Å². The van der Waals surface area contributed by atoms with Gasteiger partial charge in [0, 0.05) is 5.41 Å². The van der Waals surface area contributed by atoms with Gasteiger partial charge in [-0.1, -0.05) is 38.1 Å². The molecule has 0 aliphatic carbocycles. The molecule has 16 heteroatoms. The van der Waals surface area contributed by atoms with Gasteiger partial charge in [-0.2, -0.15) is 0 Å². The van der Waals surface area contributed by atoms with Crippen molar-refractivity contribution in [1.29, 1.82) is 0 Å². The zero-order chi connectivity index (χ0) is 42.2. The van der Waals surface area contributed by atoms with Gasteiger partial charge in [0.2, 0.25) is 0 Å². The first-order chi connectivity index (χ1) is 29.1. The Hall–Kier alpha value is -2.52. The van der Waals surface area contributed by atoms with Crippen molar-refractivity contribution in [2.24, 2.45) is 0 Å². The van der Waals surface area contributed by atoms with E-state index in [9.17, 15) is 0 Å².